The normalized spacial score (nSPS) is 14.5. The summed E-state index contributed by atoms with van der Waals surface area (Å²) in [6.07, 6.45) is 1.25. The molecule has 0 amide bonds. The molecule has 0 aliphatic rings. The van der Waals surface area contributed by atoms with Gasteiger partial charge in [0.2, 0.25) is 0 Å². The third-order valence-electron chi connectivity index (χ3n) is 3.02. The van der Waals surface area contributed by atoms with Crippen molar-refractivity contribution < 1.29 is 17.3 Å². The van der Waals surface area contributed by atoms with Crippen molar-refractivity contribution in [2.75, 3.05) is 6.26 Å². The molecule has 0 aliphatic carbocycles. The van der Waals surface area contributed by atoms with E-state index in [4.69, 9.17) is 11.6 Å². The fourth-order valence-electron chi connectivity index (χ4n) is 1.95. The van der Waals surface area contributed by atoms with Crippen molar-refractivity contribution >= 4 is 42.4 Å². The molecule has 0 aliphatic heterocycles. The molecule has 10 heteroatoms. The van der Waals surface area contributed by atoms with Crippen molar-refractivity contribution in [2.45, 2.75) is 9.79 Å². The molecule has 0 N–H and O–H groups in total. The number of sulfonamides is 1. The van der Waals surface area contributed by atoms with Gasteiger partial charge in [-0.05, 0) is 46.7 Å². The molecule has 2 aromatic carbocycles. The van der Waals surface area contributed by atoms with Crippen LogP contribution in [0.1, 0.15) is 0 Å². The molecule has 3 rings (SSSR count). The highest BCUT2D eigenvalue weighted by atomic mass is 35.5. The Morgan fingerprint density at radius 2 is 1.74 bits per heavy atom. The summed E-state index contributed by atoms with van der Waals surface area (Å²) in [6.45, 7) is 0. The zero-order valence-electron chi connectivity index (χ0n) is 11.7. The van der Waals surface area contributed by atoms with Gasteiger partial charge in [0, 0.05) is 16.2 Å². The number of rotatable bonds is 3. The molecular formula is C13H10ClN3O4S2. The summed E-state index contributed by atoms with van der Waals surface area (Å²) in [6, 6.07) is 10.3. The Labute approximate surface area is 137 Å². The Hall–Kier alpha value is -1.97. The first-order chi connectivity index (χ1) is 10.8. The maximum absolute atomic E-state index is 12.7. The van der Waals surface area contributed by atoms with E-state index in [9.17, 15) is 12.6 Å². The second-order valence-corrected chi connectivity index (χ2v) is 9.19. The Bertz CT molecular complexity index is 1100. The molecule has 7 nitrogen and oxygen atoms in total. The SMILES string of the molecule is CS(=O)(=NS(=O)(=O)c1cccc2nonc12)c1ccc(Cl)cc1. The quantitative estimate of drug-likeness (QED) is 0.701. The Morgan fingerprint density at radius 1 is 1.04 bits per heavy atom. The number of nitrogens with zero attached hydrogens (tertiary/aromatic N) is 3. The van der Waals surface area contributed by atoms with Crippen LogP contribution in [0.15, 0.2) is 60.7 Å². The predicted molar refractivity (Wildman–Crippen MR) is 85.2 cm³/mol. The van der Waals surface area contributed by atoms with Crippen LogP contribution in [0.5, 0.6) is 0 Å². The van der Waals surface area contributed by atoms with Gasteiger partial charge in [-0.1, -0.05) is 17.7 Å². The summed E-state index contributed by atoms with van der Waals surface area (Å²) in [4.78, 5) is 0.0516. The average Bonchev–Trinajstić information content (AvgIpc) is 2.94. The first kappa shape index (κ1) is 15.9. The molecule has 3 aromatic rings. The lowest BCUT2D eigenvalue weighted by Crippen LogP contribution is -2.05. The smallest absolute Gasteiger partial charge is 0.244 e. The highest BCUT2D eigenvalue weighted by Crippen LogP contribution is 2.24. The van der Waals surface area contributed by atoms with E-state index < -0.39 is 19.8 Å². The summed E-state index contributed by atoms with van der Waals surface area (Å²) in [7, 11) is -7.40. The lowest BCUT2D eigenvalue weighted by molar-refractivity contribution is 0.315. The lowest BCUT2D eigenvalue weighted by atomic mass is 10.3. The van der Waals surface area contributed by atoms with Crippen molar-refractivity contribution in [3.8, 4) is 0 Å². The third kappa shape index (κ3) is 3.07. The van der Waals surface area contributed by atoms with Gasteiger partial charge in [-0.25, -0.2) is 8.84 Å². The van der Waals surface area contributed by atoms with Crippen LogP contribution >= 0.6 is 11.6 Å². The molecule has 0 saturated carbocycles. The fraction of sp³-hybridized carbons (Fsp3) is 0.0769. The second kappa shape index (κ2) is 5.59. The van der Waals surface area contributed by atoms with Crippen molar-refractivity contribution in [2.24, 2.45) is 3.77 Å². The predicted octanol–water partition coefficient (Wildman–Crippen LogP) is 2.72. The van der Waals surface area contributed by atoms with Crippen LogP contribution < -0.4 is 0 Å². The summed E-state index contributed by atoms with van der Waals surface area (Å²) in [5.74, 6) is 0. The van der Waals surface area contributed by atoms with Gasteiger partial charge < -0.3 is 0 Å². The standard InChI is InChI=1S/C13H10ClN3O4S2/c1-22(18,10-7-5-9(14)6-8-10)17-23(19,20)12-4-2-3-11-13(12)16-21-15-11/h2-8H,1H3. The molecule has 0 spiro atoms. The van der Waals surface area contributed by atoms with Crippen molar-refractivity contribution in [1.29, 1.82) is 0 Å². The number of halogens is 1. The van der Waals surface area contributed by atoms with Crippen LogP contribution in [-0.2, 0) is 19.8 Å². The van der Waals surface area contributed by atoms with E-state index in [1.54, 1.807) is 6.07 Å². The molecular weight excluding hydrogens is 362 g/mol. The molecule has 0 fully saturated rings. The van der Waals surface area contributed by atoms with Crippen LogP contribution in [0.3, 0.4) is 0 Å². The number of benzene rings is 2. The maximum atomic E-state index is 12.7. The summed E-state index contributed by atoms with van der Waals surface area (Å²) >= 11 is 5.78. The molecule has 1 heterocycles. The van der Waals surface area contributed by atoms with Gasteiger partial charge in [0.25, 0.3) is 10.0 Å². The van der Waals surface area contributed by atoms with Crippen LogP contribution in [-0.4, -0.2) is 29.2 Å². The van der Waals surface area contributed by atoms with E-state index in [1.165, 1.54) is 42.7 Å². The summed E-state index contributed by atoms with van der Waals surface area (Å²) < 4.78 is 45.9. The largest absolute Gasteiger partial charge is 0.292 e. The van der Waals surface area contributed by atoms with Gasteiger partial charge in [-0.2, -0.15) is 8.42 Å². The average molecular weight is 372 g/mol. The van der Waals surface area contributed by atoms with E-state index in [1.807, 2.05) is 0 Å². The zero-order chi connectivity index (χ0) is 16.7. The van der Waals surface area contributed by atoms with Gasteiger partial charge >= 0.3 is 0 Å². The zero-order valence-corrected chi connectivity index (χ0v) is 14.1. The topological polar surface area (TPSA) is 102 Å². The summed E-state index contributed by atoms with van der Waals surface area (Å²) in [5.41, 5.74) is 0.318. The van der Waals surface area contributed by atoms with E-state index in [0.717, 1.165) is 0 Å². The molecule has 0 radical (unpaired) electrons. The number of fused-ring (bicyclic) bond motifs is 1. The molecule has 1 atom stereocenters. The molecule has 0 bridgehead atoms. The molecule has 23 heavy (non-hydrogen) atoms. The van der Waals surface area contributed by atoms with Crippen LogP contribution in [0, 0.1) is 0 Å². The Morgan fingerprint density at radius 3 is 2.43 bits per heavy atom. The first-order valence-electron chi connectivity index (χ1n) is 6.25. The Kier molecular flexibility index (Phi) is 3.86. The number of hydrogen-bond acceptors (Lipinski definition) is 6. The minimum atomic E-state index is -4.22. The van der Waals surface area contributed by atoms with Gasteiger partial charge in [0.05, 0.1) is 9.73 Å². The second-order valence-electron chi connectivity index (χ2n) is 4.69. The van der Waals surface area contributed by atoms with Crippen LogP contribution in [0.4, 0.5) is 0 Å². The first-order valence-corrected chi connectivity index (χ1v) is 9.99. The van der Waals surface area contributed by atoms with Crippen molar-refractivity contribution in [3.05, 3.63) is 47.5 Å². The minimum absolute atomic E-state index is 0.0440. The molecule has 0 saturated heterocycles. The van der Waals surface area contributed by atoms with Crippen LogP contribution in [0.25, 0.3) is 11.0 Å². The van der Waals surface area contributed by atoms with Gasteiger partial charge in [-0.15, -0.1) is 3.77 Å². The number of aromatic nitrogens is 2. The van der Waals surface area contributed by atoms with Crippen molar-refractivity contribution in [3.63, 3.8) is 0 Å². The van der Waals surface area contributed by atoms with Gasteiger partial charge in [0.15, 0.2) is 5.52 Å². The highest BCUT2D eigenvalue weighted by molar-refractivity contribution is 8.03. The monoisotopic (exact) mass is 371 g/mol. The third-order valence-corrected chi connectivity index (χ3v) is 7.23. The van der Waals surface area contributed by atoms with Gasteiger partial charge in [0.1, 0.15) is 10.4 Å². The van der Waals surface area contributed by atoms with Gasteiger partial charge in [-0.3, -0.25) is 0 Å². The van der Waals surface area contributed by atoms with E-state index >= 15 is 0 Å². The fourth-order valence-corrected chi connectivity index (χ4v) is 5.51. The maximum Gasteiger partial charge on any atom is 0.292 e. The minimum Gasteiger partial charge on any atom is -0.244 e. The molecule has 1 aromatic heterocycles. The van der Waals surface area contributed by atoms with Crippen molar-refractivity contribution in [1.82, 2.24) is 10.3 Å². The highest BCUT2D eigenvalue weighted by Gasteiger charge is 2.22. The molecule has 1 unspecified atom stereocenters. The molecule has 120 valence electrons. The number of hydrogen-bond donors (Lipinski definition) is 0. The lowest BCUT2D eigenvalue weighted by Gasteiger charge is -2.05. The Balaban J connectivity index is 2.18. The van der Waals surface area contributed by atoms with E-state index in [2.05, 4.69) is 18.7 Å². The van der Waals surface area contributed by atoms with E-state index in [0.29, 0.717) is 5.02 Å². The van der Waals surface area contributed by atoms with E-state index in [-0.39, 0.29) is 20.8 Å². The van der Waals surface area contributed by atoms with Crippen LogP contribution in [0.2, 0.25) is 5.02 Å². The summed E-state index contributed by atoms with van der Waals surface area (Å²) in [5, 5.41) is 7.59.